The molecule has 110 valence electrons. The number of rotatable bonds is 4. The SMILES string of the molecule is CC[C@H](CO)Nc1cc(C)nc2nc(C(F)(F)F)nn12. The number of hydrogen-bond acceptors (Lipinski definition) is 5. The van der Waals surface area contributed by atoms with Crippen molar-refractivity contribution in [1.82, 2.24) is 19.6 Å². The zero-order chi connectivity index (χ0) is 14.9. The van der Waals surface area contributed by atoms with Crippen LogP contribution in [0.25, 0.3) is 5.78 Å². The van der Waals surface area contributed by atoms with E-state index in [0.29, 0.717) is 17.9 Å². The number of nitrogens with one attached hydrogen (secondary N) is 1. The highest BCUT2D eigenvalue weighted by Gasteiger charge is 2.36. The Kier molecular flexibility index (Phi) is 3.80. The molecule has 9 heteroatoms. The molecule has 0 aromatic carbocycles. The van der Waals surface area contributed by atoms with Gasteiger partial charge >= 0.3 is 6.18 Å². The molecule has 0 fully saturated rings. The molecule has 20 heavy (non-hydrogen) atoms. The number of aliphatic hydroxyl groups is 1. The van der Waals surface area contributed by atoms with Gasteiger partial charge in [0, 0.05) is 11.8 Å². The van der Waals surface area contributed by atoms with Gasteiger partial charge in [-0.1, -0.05) is 6.92 Å². The van der Waals surface area contributed by atoms with Gasteiger partial charge in [-0.15, -0.1) is 5.10 Å². The van der Waals surface area contributed by atoms with Gasteiger partial charge in [-0.3, -0.25) is 0 Å². The fourth-order valence-electron chi connectivity index (χ4n) is 1.70. The lowest BCUT2D eigenvalue weighted by atomic mass is 10.2. The van der Waals surface area contributed by atoms with Crippen molar-refractivity contribution >= 4 is 11.6 Å². The first-order valence-electron chi connectivity index (χ1n) is 6.04. The van der Waals surface area contributed by atoms with Crippen LogP contribution in [0.3, 0.4) is 0 Å². The Morgan fingerprint density at radius 2 is 2.10 bits per heavy atom. The normalized spacial score (nSPS) is 13.7. The summed E-state index contributed by atoms with van der Waals surface area (Å²) in [5.74, 6) is -1.06. The molecule has 2 aromatic heterocycles. The number of halogens is 3. The van der Waals surface area contributed by atoms with Gasteiger partial charge in [0.15, 0.2) is 0 Å². The van der Waals surface area contributed by atoms with Crippen molar-refractivity contribution in [3.05, 3.63) is 17.6 Å². The van der Waals surface area contributed by atoms with Crippen molar-refractivity contribution in [2.45, 2.75) is 32.5 Å². The fraction of sp³-hybridized carbons (Fsp3) is 0.545. The summed E-state index contributed by atoms with van der Waals surface area (Å²) in [5.41, 5.74) is 0.508. The molecule has 2 rings (SSSR count). The van der Waals surface area contributed by atoms with Crippen LogP contribution >= 0.6 is 0 Å². The Hall–Kier alpha value is -1.90. The molecule has 0 bridgehead atoms. The third kappa shape index (κ3) is 2.82. The van der Waals surface area contributed by atoms with Gasteiger partial charge in [0.1, 0.15) is 5.82 Å². The second kappa shape index (κ2) is 5.23. The maximum absolute atomic E-state index is 12.6. The summed E-state index contributed by atoms with van der Waals surface area (Å²) < 4.78 is 38.9. The third-order valence-corrected chi connectivity index (χ3v) is 2.76. The number of aliphatic hydroxyl groups excluding tert-OH is 1. The molecule has 2 aromatic rings. The van der Waals surface area contributed by atoms with Crippen LogP contribution in [0, 0.1) is 6.92 Å². The van der Waals surface area contributed by atoms with E-state index in [2.05, 4.69) is 20.4 Å². The molecule has 2 N–H and O–H groups in total. The van der Waals surface area contributed by atoms with Crippen molar-refractivity contribution in [1.29, 1.82) is 0 Å². The number of nitrogens with zero attached hydrogens (tertiary/aromatic N) is 4. The molecule has 0 radical (unpaired) electrons. The van der Waals surface area contributed by atoms with E-state index < -0.39 is 12.0 Å². The summed E-state index contributed by atoms with van der Waals surface area (Å²) in [6.07, 6.45) is -4.01. The predicted molar refractivity (Wildman–Crippen MR) is 65.3 cm³/mol. The van der Waals surface area contributed by atoms with E-state index in [9.17, 15) is 13.2 Å². The Morgan fingerprint density at radius 3 is 2.65 bits per heavy atom. The van der Waals surface area contributed by atoms with Crippen molar-refractivity contribution in [3.8, 4) is 0 Å². The fourth-order valence-corrected chi connectivity index (χ4v) is 1.70. The van der Waals surface area contributed by atoms with Crippen LogP contribution in [-0.2, 0) is 6.18 Å². The lowest BCUT2D eigenvalue weighted by molar-refractivity contribution is -0.144. The molecule has 0 aliphatic carbocycles. The summed E-state index contributed by atoms with van der Waals surface area (Å²) >= 11 is 0. The van der Waals surface area contributed by atoms with Crippen molar-refractivity contribution < 1.29 is 18.3 Å². The Labute approximate surface area is 112 Å². The highest BCUT2D eigenvalue weighted by molar-refractivity contribution is 5.46. The average molecular weight is 289 g/mol. The number of hydrogen-bond donors (Lipinski definition) is 2. The number of anilines is 1. The number of aromatic nitrogens is 4. The van der Waals surface area contributed by atoms with Crippen LogP contribution in [0.1, 0.15) is 24.9 Å². The average Bonchev–Trinajstić information content (AvgIpc) is 2.79. The lowest BCUT2D eigenvalue weighted by Gasteiger charge is -2.16. The summed E-state index contributed by atoms with van der Waals surface area (Å²) in [5, 5.41) is 15.5. The summed E-state index contributed by atoms with van der Waals surface area (Å²) in [7, 11) is 0. The number of aryl methyl sites for hydroxylation is 1. The van der Waals surface area contributed by atoms with E-state index in [1.54, 1.807) is 13.0 Å². The quantitative estimate of drug-likeness (QED) is 0.895. The molecule has 1 atom stereocenters. The first kappa shape index (κ1) is 14.5. The maximum Gasteiger partial charge on any atom is 0.453 e. The van der Waals surface area contributed by atoms with E-state index in [0.717, 1.165) is 4.52 Å². The van der Waals surface area contributed by atoms with Crippen molar-refractivity contribution in [3.63, 3.8) is 0 Å². The van der Waals surface area contributed by atoms with Crippen molar-refractivity contribution in [2.75, 3.05) is 11.9 Å². The molecule has 0 aliphatic heterocycles. The summed E-state index contributed by atoms with van der Waals surface area (Å²) in [6.45, 7) is 3.36. The minimum atomic E-state index is -4.62. The molecular weight excluding hydrogens is 275 g/mol. The minimum absolute atomic E-state index is 0.132. The van der Waals surface area contributed by atoms with E-state index in [4.69, 9.17) is 5.11 Å². The van der Waals surface area contributed by atoms with E-state index in [1.807, 2.05) is 6.92 Å². The first-order valence-corrected chi connectivity index (χ1v) is 6.04. The molecule has 0 saturated heterocycles. The van der Waals surface area contributed by atoms with Gasteiger partial charge in [-0.05, 0) is 13.3 Å². The predicted octanol–water partition coefficient (Wildman–Crippen LogP) is 1.63. The van der Waals surface area contributed by atoms with Gasteiger partial charge in [-0.25, -0.2) is 4.98 Å². The Bertz CT molecular complexity index is 606. The van der Waals surface area contributed by atoms with Crippen LogP contribution in [0.5, 0.6) is 0 Å². The standard InChI is InChI=1S/C11H14F3N5O/c1-3-7(5-20)16-8-4-6(2)15-10-17-9(11(12,13)14)18-19(8)10/h4,7,16,20H,3,5H2,1-2H3/t7-/m1/s1. The molecule has 0 spiro atoms. The zero-order valence-electron chi connectivity index (χ0n) is 10.9. The highest BCUT2D eigenvalue weighted by atomic mass is 19.4. The maximum atomic E-state index is 12.6. The molecular formula is C11H14F3N5O. The minimum Gasteiger partial charge on any atom is -0.394 e. The Morgan fingerprint density at radius 1 is 1.40 bits per heavy atom. The Balaban J connectivity index is 2.50. The molecule has 0 aliphatic rings. The topological polar surface area (TPSA) is 75.3 Å². The van der Waals surface area contributed by atoms with Crippen molar-refractivity contribution in [2.24, 2.45) is 0 Å². The van der Waals surface area contributed by atoms with Gasteiger partial charge in [0.05, 0.1) is 12.6 Å². The molecule has 0 unspecified atom stereocenters. The van der Waals surface area contributed by atoms with E-state index >= 15 is 0 Å². The number of alkyl halides is 3. The second-order valence-electron chi connectivity index (χ2n) is 4.36. The number of fused-ring (bicyclic) bond motifs is 1. The third-order valence-electron chi connectivity index (χ3n) is 2.76. The highest BCUT2D eigenvalue weighted by Crippen LogP contribution is 2.27. The summed E-state index contributed by atoms with van der Waals surface area (Å²) in [6, 6.07) is 1.28. The van der Waals surface area contributed by atoms with E-state index in [-0.39, 0.29) is 18.4 Å². The van der Waals surface area contributed by atoms with Gasteiger partial charge in [0.25, 0.3) is 11.6 Å². The zero-order valence-corrected chi connectivity index (χ0v) is 10.9. The smallest absolute Gasteiger partial charge is 0.394 e. The van der Waals surface area contributed by atoms with Gasteiger partial charge in [0.2, 0.25) is 0 Å². The first-order chi connectivity index (χ1) is 9.35. The molecule has 6 nitrogen and oxygen atoms in total. The van der Waals surface area contributed by atoms with Crippen LogP contribution in [0.15, 0.2) is 6.07 Å². The van der Waals surface area contributed by atoms with Crippen LogP contribution in [-0.4, -0.2) is 37.3 Å². The monoisotopic (exact) mass is 289 g/mol. The largest absolute Gasteiger partial charge is 0.453 e. The molecule has 0 saturated carbocycles. The van der Waals surface area contributed by atoms with E-state index in [1.165, 1.54) is 0 Å². The molecule has 2 heterocycles. The van der Waals surface area contributed by atoms with Gasteiger partial charge < -0.3 is 10.4 Å². The second-order valence-corrected chi connectivity index (χ2v) is 4.36. The lowest BCUT2D eigenvalue weighted by Crippen LogP contribution is -2.24. The van der Waals surface area contributed by atoms with Crippen LogP contribution in [0.4, 0.5) is 19.0 Å². The van der Waals surface area contributed by atoms with Gasteiger partial charge in [-0.2, -0.15) is 22.7 Å². The summed E-state index contributed by atoms with van der Waals surface area (Å²) in [4.78, 5) is 7.29. The van der Waals surface area contributed by atoms with Crippen LogP contribution < -0.4 is 5.32 Å². The van der Waals surface area contributed by atoms with Crippen LogP contribution in [0.2, 0.25) is 0 Å². The molecule has 0 amide bonds.